The van der Waals surface area contributed by atoms with Crippen molar-refractivity contribution in [1.82, 2.24) is 25.3 Å². The Bertz CT molecular complexity index is 727. The number of hydrogen-bond donors (Lipinski definition) is 2. The summed E-state index contributed by atoms with van der Waals surface area (Å²) in [6.07, 6.45) is 6.17. The monoisotopic (exact) mass is 532 g/mol. The second-order valence-electron chi connectivity index (χ2n) is 6.91. The molecule has 8 heteroatoms. The van der Waals surface area contributed by atoms with Crippen molar-refractivity contribution in [2.45, 2.75) is 46.2 Å². The van der Waals surface area contributed by atoms with Crippen LogP contribution in [0.5, 0.6) is 0 Å². The second-order valence-corrected chi connectivity index (χ2v) is 7.35. The molecule has 0 aliphatic heterocycles. The molecule has 0 saturated carbocycles. The minimum Gasteiger partial charge on any atom is -0.354 e. The van der Waals surface area contributed by atoms with Gasteiger partial charge in [-0.2, -0.15) is 5.10 Å². The summed E-state index contributed by atoms with van der Waals surface area (Å²) in [5.41, 5.74) is 2.08. The minimum absolute atomic E-state index is 0. The quantitative estimate of drug-likeness (QED) is 0.272. The number of rotatable bonds is 10. The number of aliphatic imine (C=N–C) groups is 1. The smallest absolute Gasteiger partial charge is 0.191 e. The Kier molecular flexibility index (Phi) is 12.3. The van der Waals surface area contributed by atoms with Gasteiger partial charge in [0.2, 0.25) is 0 Å². The lowest BCUT2D eigenvalue weighted by Gasteiger charge is -2.21. The van der Waals surface area contributed by atoms with E-state index in [1.165, 1.54) is 6.42 Å². The Morgan fingerprint density at radius 3 is 2.55 bits per heavy atom. The van der Waals surface area contributed by atoms with Crippen molar-refractivity contribution < 1.29 is 0 Å². The number of guanidine groups is 1. The van der Waals surface area contributed by atoms with Gasteiger partial charge in [0.1, 0.15) is 0 Å². The molecule has 0 aliphatic carbocycles. The molecule has 0 fully saturated rings. The summed E-state index contributed by atoms with van der Waals surface area (Å²) in [6, 6.07) is 8.01. The second kappa shape index (κ2) is 13.8. The summed E-state index contributed by atoms with van der Waals surface area (Å²) in [5.74, 6) is 0.814. The highest BCUT2D eigenvalue weighted by Crippen LogP contribution is 2.13. The molecule has 1 unspecified atom stereocenters. The number of benzene rings is 1. The van der Waals surface area contributed by atoms with E-state index in [1.54, 1.807) is 7.05 Å². The average molecular weight is 533 g/mol. The first kappa shape index (κ1) is 25.7. The summed E-state index contributed by atoms with van der Waals surface area (Å²) >= 11 is 5.95. The maximum absolute atomic E-state index is 5.95. The SMILES string of the molecule is CCN(CC)CCCC(C)NC(=NC)NCc1cnn(-c2ccc(Cl)cc2)c1.I. The van der Waals surface area contributed by atoms with E-state index >= 15 is 0 Å². The van der Waals surface area contributed by atoms with Crippen molar-refractivity contribution >= 4 is 41.5 Å². The highest BCUT2D eigenvalue weighted by Gasteiger charge is 2.07. The van der Waals surface area contributed by atoms with Crippen LogP contribution >= 0.6 is 35.6 Å². The van der Waals surface area contributed by atoms with Crippen LogP contribution in [0.2, 0.25) is 5.02 Å². The lowest BCUT2D eigenvalue weighted by molar-refractivity contribution is 0.292. The summed E-state index contributed by atoms with van der Waals surface area (Å²) in [4.78, 5) is 6.79. The third kappa shape index (κ3) is 8.92. The van der Waals surface area contributed by atoms with Gasteiger partial charge in [-0.05, 0) is 63.7 Å². The van der Waals surface area contributed by atoms with Gasteiger partial charge in [0, 0.05) is 36.4 Å². The molecular weight excluding hydrogens is 499 g/mol. The molecule has 2 rings (SSSR count). The van der Waals surface area contributed by atoms with E-state index in [0.29, 0.717) is 12.6 Å². The van der Waals surface area contributed by atoms with Crippen molar-refractivity contribution in [2.24, 2.45) is 4.99 Å². The van der Waals surface area contributed by atoms with E-state index in [1.807, 2.05) is 41.3 Å². The Balaban J connectivity index is 0.00000420. The van der Waals surface area contributed by atoms with Crippen LogP contribution in [0.4, 0.5) is 0 Å². The highest BCUT2D eigenvalue weighted by atomic mass is 127. The minimum atomic E-state index is 0. The van der Waals surface area contributed by atoms with Crippen LogP contribution in [0.3, 0.4) is 0 Å². The van der Waals surface area contributed by atoms with Crippen molar-refractivity contribution in [1.29, 1.82) is 0 Å². The summed E-state index contributed by atoms with van der Waals surface area (Å²) in [7, 11) is 1.80. The van der Waals surface area contributed by atoms with Crippen molar-refractivity contribution in [3.63, 3.8) is 0 Å². The van der Waals surface area contributed by atoms with Crippen molar-refractivity contribution in [2.75, 3.05) is 26.7 Å². The van der Waals surface area contributed by atoms with Crippen molar-refractivity contribution in [3.05, 3.63) is 47.2 Å². The Labute approximate surface area is 197 Å². The van der Waals surface area contributed by atoms with E-state index in [2.05, 4.69) is 46.4 Å². The molecule has 1 atom stereocenters. The molecule has 29 heavy (non-hydrogen) atoms. The van der Waals surface area contributed by atoms with Crippen LogP contribution in [0, 0.1) is 0 Å². The first-order valence-corrected chi connectivity index (χ1v) is 10.4. The van der Waals surface area contributed by atoms with E-state index in [0.717, 1.165) is 48.3 Å². The molecule has 1 heterocycles. The third-order valence-electron chi connectivity index (χ3n) is 4.80. The Morgan fingerprint density at radius 1 is 1.24 bits per heavy atom. The van der Waals surface area contributed by atoms with Gasteiger partial charge in [0.05, 0.1) is 11.9 Å². The maximum atomic E-state index is 5.95. The van der Waals surface area contributed by atoms with Crippen LogP contribution in [0.1, 0.15) is 39.2 Å². The summed E-state index contributed by atoms with van der Waals surface area (Å²) in [5, 5.41) is 12.0. The standard InChI is InChI=1S/C21H33ClN6.HI/c1-5-27(6-2)13-7-8-17(3)26-21(23-4)24-14-18-15-25-28(16-18)20-11-9-19(22)10-12-20;/h9-12,15-17H,5-8,13-14H2,1-4H3,(H2,23,24,26);1H. The molecule has 0 radical (unpaired) electrons. The van der Waals surface area contributed by atoms with E-state index in [-0.39, 0.29) is 24.0 Å². The molecular formula is C21H34ClIN6. The molecule has 0 spiro atoms. The fraction of sp³-hybridized carbons (Fsp3) is 0.524. The molecule has 1 aromatic heterocycles. The zero-order valence-electron chi connectivity index (χ0n) is 17.9. The fourth-order valence-electron chi connectivity index (χ4n) is 3.03. The number of aromatic nitrogens is 2. The molecule has 6 nitrogen and oxygen atoms in total. The summed E-state index contributed by atoms with van der Waals surface area (Å²) in [6.45, 7) is 10.7. The lowest BCUT2D eigenvalue weighted by Crippen LogP contribution is -2.42. The topological polar surface area (TPSA) is 57.5 Å². The van der Waals surface area contributed by atoms with Gasteiger partial charge in [-0.15, -0.1) is 24.0 Å². The summed E-state index contributed by atoms with van der Waals surface area (Å²) < 4.78 is 1.85. The third-order valence-corrected chi connectivity index (χ3v) is 5.05. The van der Waals surface area contributed by atoms with Gasteiger partial charge < -0.3 is 15.5 Å². The molecule has 2 aromatic rings. The molecule has 0 aliphatic rings. The van der Waals surface area contributed by atoms with E-state index in [9.17, 15) is 0 Å². The lowest BCUT2D eigenvalue weighted by atomic mass is 10.2. The Morgan fingerprint density at radius 2 is 1.93 bits per heavy atom. The first-order valence-electron chi connectivity index (χ1n) is 10.0. The van der Waals surface area contributed by atoms with Gasteiger partial charge in [0.25, 0.3) is 0 Å². The largest absolute Gasteiger partial charge is 0.354 e. The molecule has 1 aromatic carbocycles. The van der Waals surface area contributed by atoms with Gasteiger partial charge in [-0.25, -0.2) is 4.68 Å². The first-order chi connectivity index (χ1) is 13.5. The predicted octanol–water partition coefficient (Wildman–Crippen LogP) is 4.32. The van der Waals surface area contributed by atoms with Crippen LogP contribution in [-0.4, -0.2) is 53.4 Å². The number of nitrogens with zero attached hydrogens (tertiary/aromatic N) is 4. The fourth-order valence-corrected chi connectivity index (χ4v) is 3.16. The van der Waals surface area contributed by atoms with Crippen LogP contribution in [0.15, 0.2) is 41.7 Å². The van der Waals surface area contributed by atoms with Crippen LogP contribution in [0.25, 0.3) is 5.69 Å². The molecule has 2 N–H and O–H groups in total. The van der Waals surface area contributed by atoms with Crippen LogP contribution < -0.4 is 10.6 Å². The van der Waals surface area contributed by atoms with Crippen molar-refractivity contribution in [3.8, 4) is 5.69 Å². The zero-order chi connectivity index (χ0) is 20.4. The van der Waals surface area contributed by atoms with Crippen LogP contribution in [-0.2, 0) is 6.54 Å². The number of hydrogen-bond acceptors (Lipinski definition) is 3. The van der Waals surface area contributed by atoms with Gasteiger partial charge in [0.15, 0.2) is 5.96 Å². The molecule has 0 bridgehead atoms. The molecule has 0 saturated heterocycles. The maximum Gasteiger partial charge on any atom is 0.191 e. The average Bonchev–Trinajstić information content (AvgIpc) is 3.18. The predicted molar refractivity (Wildman–Crippen MR) is 134 cm³/mol. The van der Waals surface area contributed by atoms with Gasteiger partial charge >= 0.3 is 0 Å². The molecule has 0 amide bonds. The Hall–Kier alpha value is -1.32. The van der Waals surface area contributed by atoms with E-state index in [4.69, 9.17) is 11.6 Å². The number of halogens is 2. The van der Waals surface area contributed by atoms with E-state index < -0.39 is 0 Å². The van der Waals surface area contributed by atoms with Gasteiger partial charge in [-0.3, -0.25) is 4.99 Å². The zero-order valence-corrected chi connectivity index (χ0v) is 20.9. The number of nitrogens with one attached hydrogen (secondary N) is 2. The normalized spacial score (nSPS) is 12.6. The highest BCUT2D eigenvalue weighted by molar-refractivity contribution is 14.0. The molecule has 162 valence electrons. The van der Waals surface area contributed by atoms with Gasteiger partial charge in [-0.1, -0.05) is 25.4 Å².